The van der Waals surface area contributed by atoms with Crippen LogP contribution in [0.15, 0.2) is 47.9 Å². The number of amides is 1. The van der Waals surface area contributed by atoms with Gasteiger partial charge in [0, 0.05) is 23.6 Å². The Labute approximate surface area is 177 Å². The van der Waals surface area contributed by atoms with E-state index in [9.17, 15) is 4.79 Å². The molecule has 1 aromatic carbocycles. The molecule has 0 unspecified atom stereocenters. The van der Waals surface area contributed by atoms with E-state index in [0.717, 1.165) is 22.6 Å². The Hall–Kier alpha value is -2.11. The van der Waals surface area contributed by atoms with Gasteiger partial charge in [-0.3, -0.25) is 9.69 Å². The number of carbonyl (C=O) groups is 1. The number of thiocarbonyl (C=S) groups is 1. The van der Waals surface area contributed by atoms with Crippen molar-refractivity contribution in [1.82, 2.24) is 9.47 Å². The van der Waals surface area contributed by atoms with Gasteiger partial charge in [0.25, 0.3) is 5.91 Å². The van der Waals surface area contributed by atoms with Crippen molar-refractivity contribution >= 4 is 40.3 Å². The SMILES string of the molecule is C=CCN1C(=O)/C(=C/c2cc(C)n(-c3ccc(C(C)(C)C)cc3)c2C)SC1=S. The summed E-state index contributed by atoms with van der Waals surface area (Å²) in [6.07, 6.45) is 3.64. The van der Waals surface area contributed by atoms with E-state index in [1.807, 2.05) is 6.08 Å². The van der Waals surface area contributed by atoms with Crippen molar-refractivity contribution in [2.75, 3.05) is 6.54 Å². The summed E-state index contributed by atoms with van der Waals surface area (Å²) in [7, 11) is 0. The molecule has 0 atom stereocenters. The van der Waals surface area contributed by atoms with E-state index in [1.165, 1.54) is 17.3 Å². The lowest BCUT2D eigenvalue weighted by molar-refractivity contribution is -0.121. The molecule has 1 aromatic heterocycles. The Bertz CT molecular complexity index is 975. The third-order valence-corrected chi connectivity index (χ3v) is 6.31. The van der Waals surface area contributed by atoms with E-state index in [1.54, 1.807) is 11.0 Å². The fourth-order valence-electron chi connectivity index (χ4n) is 3.37. The Kier molecular flexibility index (Phi) is 5.69. The van der Waals surface area contributed by atoms with Crippen LogP contribution in [0, 0.1) is 13.8 Å². The topological polar surface area (TPSA) is 25.2 Å². The van der Waals surface area contributed by atoms with Crippen LogP contribution in [-0.2, 0) is 10.2 Å². The Balaban J connectivity index is 1.96. The molecule has 2 heterocycles. The van der Waals surface area contributed by atoms with Crippen molar-refractivity contribution in [3.63, 3.8) is 0 Å². The highest BCUT2D eigenvalue weighted by atomic mass is 32.2. The van der Waals surface area contributed by atoms with Gasteiger partial charge >= 0.3 is 0 Å². The van der Waals surface area contributed by atoms with Crippen molar-refractivity contribution < 1.29 is 4.79 Å². The number of aryl methyl sites for hydroxylation is 1. The number of hydrogen-bond donors (Lipinski definition) is 0. The van der Waals surface area contributed by atoms with Crippen LogP contribution in [-0.4, -0.2) is 26.2 Å². The van der Waals surface area contributed by atoms with E-state index in [0.29, 0.717) is 15.8 Å². The summed E-state index contributed by atoms with van der Waals surface area (Å²) in [6.45, 7) is 15.0. The molecule has 0 bridgehead atoms. The van der Waals surface area contributed by atoms with Gasteiger partial charge in [-0.1, -0.05) is 63.0 Å². The molecule has 2 aromatic rings. The Morgan fingerprint density at radius 2 is 1.82 bits per heavy atom. The van der Waals surface area contributed by atoms with E-state index in [4.69, 9.17) is 12.2 Å². The molecule has 1 fully saturated rings. The monoisotopic (exact) mass is 410 g/mol. The van der Waals surface area contributed by atoms with Crippen molar-refractivity contribution in [2.45, 2.75) is 40.0 Å². The molecule has 0 saturated carbocycles. The summed E-state index contributed by atoms with van der Waals surface area (Å²) in [5.41, 5.74) is 5.84. The van der Waals surface area contributed by atoms with Gasteiger partial charge < -0.3 is 4.57 Å². The van der Waals surface area contributed by atoms with Gasteiger partial charge in [-0.25, -0.2) is 0 Å². The minimum Gasteiger partial charge on any atom is -0.318 e. The average Bonchev–Trinajstić information content (AvgIpc) is 3.05. The zero-order chi connectivity index (χ0) is 20.6. The fourth-order valence-corrected chi connectivity index (χ4v) is 4.64. The first-order valence-electron chi connectivity index (χ1n) is 9.29. The molecule has 0 N–H and O–H groups in total. The smallest absolute Gasteiger partial charge is 0.266 e. The van der Waals surface area contributed by atoms with Crippen molar-refractivity contribution in [3.8, 4) is 5.69 Å². The number of benzene rings is 1. The van der Waals surface area contributed by atoms with Crippen LogP contribution in [0.4, 0.5) is 0 Å². The quantitative estimate of drug-likeness (QED) is 0.363. The average molecular weight is 411 g/mol. The van der Waals surface area contributed by atoms with E-state index >= 15 is 0 Å². The Morgan fingerprint density at radius 3 is 2.39 bits per heavy atom. The lowest BCUT2D eigenvalue weighted by Crippen LogP contribution is -2.27. The highest BCUT2D eigenvalue weighted by Gasteiger charge is 2.31. The van der Waals surface area contributed by atoms with E-state index in [-0.39, 0.29) is 11.3 Å². The van der Waals surface area contributed by atoms with Crippen LogP contribution in [0.2, 0.25) is 0 Å². The maximum absolute atomic E-state index is 12.6. The second-order valence-corrected chi connectivity index (χ2v) is 9.72. The molecule has 0 aliphatic carbocycles. The minimum atomic E-state index is -0.0470. The van der Waals surface area contributed by atoms with Crippen molar-refractivity contribution in [1.29, 1.82) is 0 Å². The normalized spacial score (nSPS) is 16.3. The summed E-state index contributed by atoms with van der Waals surface area (Å²) < 4.78 is 2.81. The molecule has 146 valence electrons. The van der Waals surface area contributed by atoms with Crippen molar-refractivity contribution in [3.05, 3.63) is 70.4 Å². The second kappa shape index (κ2) is 7.72. The van der Waals surface area contributed by atoms with Crippen LogP contribution in [0.25, 0.3) is 11.8 Å². The molecule has 1 aliphatic rings. The summed E-state index contributed by atoms with van der Waals surface area (Å²) >= 11 is 6.69. The standard InChI is InChI=1S/C23H26N2OS2/c1-7-12-24-21(26)20(28-22(24)27)14-17-13-15(2)25(16(17)3)19-10-8-18(9-11-19)23(4,5)6/h7-11,13-14H,1,12H2,2-6H3/b20-14-. The van der Waals surface area contributed by atoms with Gasteiger partial charge in [0.05, 0.1) is 4.91 Å². The fraction of sp³-hybridized carbons (Fsp3) is 0.304. The number of carbonyl (C=O) groups excluding carboxylic acids is 1. The molecule has 3 rings (SSSR count). The molecule has 3 nitrogen and oxygen atoms in total. The molecule has 0 radical (unpaired) electrons. The van der Waals surface area contributed by atoms with Crippen LogP contribution >= 0.6 is 24.0 Å². The first-order valence-corrected chi connectivity index (χ1v) is 10.5. The van der Waals surface area contributed by atoms with Crippen LogP contribution in [0.5, 0.6) is 0 Å². The van der Waals surface area contributed by atoms with Gasteiger partial charge in [-0.05, 0) is 54.7 Å². The van der Waals surface area contributed by atoms with Gasteiger partial charge in [0.15, 0.2) is 0 Å². The molecule has 5 heteroatoms. The maximum Gasteiger partial charge on any atom is 0.266 e. The highest BCUT2D eigenvalue weighted by molar-refractivity contribution is 8.26. The summed E-state index contributed by atoms with van der Waals surface area (Å²) in [5.74, 6) is -0.0470. The van der Waals surface area contributed by atoms with Crippen LogP contribution < -0.4 is 0 Å². The van der Waals surface area contributed by atoms with Gasteiger partial charge in [0.1, 0.15) is 4.32 Å². The maximum atomic E-state index is 12.6. The minimum absolute atomic E-state index is 0.0470. The summed E-state index contributed by atoms with van der Waals surface area (Å²) in [5, 5.41) is 0. The predicted molar refractivity (Wildman–Crippen MR) is 124 cm³/mol. The first kappa shape index (κ1) is 20.6. The molecule has 0 spiro atoms. The van der Waals surface area contributed by atoms with Gasteiger partial charge in [-0.2, -0.15) is 0 Å². The zero-order valence-corrected chi connectivity index (χ0v) is 18.7. The van der Waals surface area contributed by atoms with E-state index < -0.39 is 0 Å². The number of hydrogen-bond acceptors (Lipinski definition) is 3. The molecule has 1 saturated heterocycles. The number of thioether (sulfide) groups is 1. The molecular formula is C23H26N2OS2. The predicted octanol–water partition coefficient (Wildman–Crippen LogP) is 5.78. The second-order valence-electron chi connectivity index (χ2n) is 8.04. The van der Waals surface area contributed by atoms with Crippen LogP contribution in [0.3, 0.4) is 0 Å². The third-order valence-electron chi connectivity index (χ3n) is 4.93. The zero-order valence-electron chi connectivity index (χ0n) is 17.1. The molecule has 1 amide bonds. The van der Waals surface area contributed by atoms with Crippen LogP contribution in [0.1, 0.15) is 43.3 Å². The first-order chi connectivity index (χ1) is 13.1. The highest BCUT2D eigenvalue weighted by Crippen LogP contribution is 2.34. The molecule has 28 heavy (non-hydrogen) atoms. The van der Waals surface area contributed by atoms with Gasteiger partial charge in [0.2, 0.25) is 0 Å². The molecule has 1 aliphatic heterocycles. The number of aromatic nitrogens is 1. The number of nitrogens with zero attached hydrogens (tertiary/aromatic N) is 2. The third kappa shape index (κ3) is 3.87. The summed E-state index contributed by atoms with van der Waals surface area (Å²) in [4.78, 5) is 14.9. The van der Waals surface area contributed by atoms with E-state index in [2.05, 4.69) is 76.1 Å². The molecular weight excluding hydrogens is 384 g/mol. The summed E-state index contributed by atoms with van der Waals surface area (Å²) in [6, 6.07) is 10.8. The lowest BCUT2D eigenvalue weighted by atomic mass is 9.87. The number of rotatable bonds is 4. The Morgan fingerprint density at radius 1 is 1.18 bits per heavy atom. The van der Waals surface area contributed by atoms with Crippen molar-refractivity contribution in [2.24, 2.45) is 0 Å². The largest absolute Gasteiger partial charge is 0.318 e. The lowest BCUT2D eigenvalue weighted by Gasteiger charge is -2.20. The van der Waals surface area contributed by atoms with Gasteiger partial charge in [-0.15, -0.1) is 6.58 Å².